The Labute approximate surface area is 120 Å². The lowest BCUT2D eigenvalue weighted by Crippen LogP contribution is -2.35. The van der Waals surface area contributed by atoms with E-state index in [0.717, 1.165) is 6.04 Å². The molecule has 1 saturated heterocycles. The highest BCUT2D eigenvalue weighted by atomic mass is 79.9. The van der Waals surface area contributed by atoms with E-state index in [4.69, 9.17) is 0 Å². The van der Waals surface area contributed by atoms with E-state index in [9.17, 15) is 5.11 Å². The van der Waals surface area contributed by atoms with Crippen molar-refractivity contribution in [2.24, 2.45) is 0 Å². The van der Waals surface area contributed by atoms with Crippen molar-refractivity contribution in [1.29, 1.82) is 0 Å². The van der Waals surface area contributed by atoms with E-state index in [1.165, 1.54) is 49.9 Å². The number of likely N-dealkylation sites (tertiary alicyclic amines) is 1. The minimum Gasteiger partial charge on any atom is -0.508 e. The maximum Gasteiger partial charge on any atom is 0.115 e. The van der Waals surface area contributed by atoms with Gasteiger partial charge in [0.2, 0.25) is 0 Å². The summed E-state index contributed by atoms with van der Waals surface area (Å²) in [6, 6.07) is 6.67. The minimum atomic E-state index is 0. The molecule has 1 N–H and O–H groups in total. The Kier molecular flexibility index (Phi) is 4.33. The second-order valence-corrected chi connectivity index (χ2v) is 5.42. The molecule has 3 heteroatoms. The number of fused-ring (bicyclic) bond motifs is 3. The van der Waals surface area contributed by atoms with Crippen molar-refractivity contribution in [1.82, 2.24) is 4.90 Å². The van der Waals surface area contributed by atoms with Crippen molar-refractivity contribution in [3.05, 3.63) is 29.3 Å². The van der Waals surface area contributed by atoms with Crippen LogP contribution in [0.15, 0.2) is 18.2 Å². The van der Waals surface area contributed by atoms with Gasteiger partial charge in [0, 0.05) is 12.0 Å². The molecule has 0 bridgehead atoms. The first-order chi connectivity index (χ1) is 8.29. The number of halogens is 1. The Morgan fingerprint density at radius 2 is 2.17 bits per heavy atom. The first-order valence-corrected chi connectivity index (χ1v) is 6.85. The number of benzene rings is 1. The molecule has 3 rings (SSSR count). The first kappa shape index (κ1) is 13.9. The van der Waals surface area contributed by atoms with Gasteiger partial charge in [0.25, 0.3) is 0 Å². The van der Waals surface area contributed by atoms with Crippen molar-refractivity contribution < 1.29 is 5.11 Å². The monoisotopic (exact) mass is 311 g/mol. The zero-order valence-electron chi connectivity index (χ0n) is 10.9. The summed E-state index contributed by atoms with van der Waals surface area (Å²) < 4.78 is 0. The Morgan fingerprint density at radius 3 is 2.94 bits per heavy atom. The molecule has 1 aromatic rings. The van der Waals surface area contributed by atoms with Gasteiger partial charge < -0.3 is 5.11 Å². The van der Waals surface area contributed by atoms with Crippen LogP contribution in [0.2, 0.25) is 0 Å². The van der Waals surface area contributed by atoms with E-state index in [0.29, 0.717) is 11.7 Å². The van der Waals surface area contributed by atoms with Crippen LogP contribution in [-0.2, 0) is 6.42 Å². The van der Waals surface area contributed by atoms with E-state index in [2.05, 4.69) is 17.9 Å². The van der Waals surface area contributed by atoms with Gasteiger partial charge in [-0.25, -0.2) is 0 Å². The second-order valence-electron chi connectivity index (χ2n) is 5.42. The van der Waals surface area contributed by atoms with E-state index < -0.39 is 0 Å². The number of aryl methyl sites for hydroxylation is 1. The lowest BCUT2D eigenvalue weighted by Gasteiger charge is -2.33. The summed E-state index contributed by atoms with van der Waals surface area (Å²) >= 11 is 0. The smallest absolute Gasteiger partial charge is 0.115 e. The predicted octanol–water partition coefficient (Wildman–Crippen LogP) is 3.48. The largest absolute Gasteiger partial charge is 0.508 e. The molecule has 1 fully saturated rings. The maximum absolute atomic E-state index is 9.66. The number of nitrogens with zero attached hydrogens (tertiary/aromatic N) is 1. The molecule has 100 valence electrons. The highest BCUT2D eigenvalue weighted by Gasteiger charge is 2.37. The quantitative estimate of drug-likeness (QED) is 0.904. The molecular formula is C15H22BrNO. The van der Waals surface area contributed by atoms with E-state index in [1.807, 2.05) is 12.1 Å². The molecular weight excluding hydrogens is 290 g/mol. The molecule has 0 radical (unpaired) electrons. The molecule has 0 amide bonds. The summed E-state index contributed by atoms with van der Waals surface area (Å²) in [6.45, 7) is 4.73. The van der Waals surface area contributed by atoms with Crippen molar-refractivity contribution in [3.63, 3.8) is 0 Å². The second kappa shape index (κ2) is 5.62. The molecule has 1 aliphatic carbocycles. The van der Waals surface area contributed by atoms with Crippen LogP contribution in [0, 0.1) is 0 Å². The third-order valence-corrected chi connectivity index (χ3v) is 4.41. The van der Waals surface area contributed by atoms with Crippen LogP contribution >= 0.6 is 17.0 Å². The zero-order chi connectivity index (χ0) is 11.8. The molecule has 1 aliphatic heterocycles. The van der Waals surface area contributed by atoms with Gasteiger partial charge in [-0.3, -0.25) is 4.90 Å². The molecule has 0 unspecified atom stereocenters. The summed E-state index contributed by atoms with van der Waals surface area (Å²) in [4.78, 5) is 2.65. The molecule has 2 nitrogen and oxygen atoms in total. The van der Waals surface area contributed by atoms with Crippen molar-refractivity contribution in [2.45, 2.75) is 44.6 Å². The van der Waals surface area contributed by atoms with Crippen molar-refractivity contribution >= 4 is 17.0 Å². The lowest BCUT2D eigenvalue weighted by molar-refractivity contribution is 0.227. The SMILES string of the molecule is Br.CCCN1CC[C@H]2c3cc(O)ccc3CC[C@H]21. The Morgan fingerprint density at radius 1 is 1.33 bits per heavy atom. The normalized spacial score (nSPS) is 26.3. The topological polar surface area (TPSA) is 23.5 Å². The fourth-order valence-electron chi connectivity index (χ4n) is 3.69. The van der Waals surface area contributed by atoms with Crippen molar-refractivity contribution in [2.75, 3.05) is 13.1 Å². The third kappa shape index (κ3) is 2.30. The van der Waals surface area contributed by atoms with Crippen LogP contribution in [0.25, 0.3) is 0 Å². The summed E-state index contributed by atoms with van der Waals surface area (Å²) in [6.07, 6.45) is 4.98. The van der Waals surface area contributed by atoms with Gasteiger partial charge in [-0.05, 0) is 62.0 Å². The summed E-state index contributed by atoms with van der Waals surface area (Å²) in [5.41, 5.74) is 2.88. The molecule has 0 saturated carbocycles. The molecule has 2 atom stereocenters. The molecule has 2 aliphatic rings. The van der Waals surface area contributed by atoms with Crippen LogP contribution < -0.4 is 0 Å². The Balaban J connectivity index is 0.00000120. The van der Waals surface area contributed by atoms with Gasteiger partial charge in [0.05, 0.1) is 0 Å². The number of rotatable bonds is 2. The number of phenolic OH excluding ortho intramolecular Hbond substituents is 1. The minimum absolute atomic E-state index is 0. The van der Waals surface area contributed by atoms with Crippen molar-refractivity contribution in [3.8, 4) is 5.75 Å². The van der Waals surface area contributed by atoms with E-state index >= 15 is 0 Å². The summed E-state index contributed by atoms with van der Waals surface area (Å²) in [5, 5.41) is 9.66. The summed E-state index contributed by atoms with van der Waals surface area (Å²) in [7, 11) is 0. The standard InChI is InChI=1S/C15H21NO.BrH/c1-2-8-16-9-7-13-14-10-12(17)5-3-11(14)4-6-15(13)16;/h3,5,10,13,15,17H,2,4,6-9H2,1H3;1H/t13-,15+;/m0./s1. The first-order valence-electron chi connectivity index (χ1n) is 6.85. The summed E-state index contributed by atoms with van der Waals surface area (Å²) in [5.74, 6) is 1.09. The van der Waals surface area contributed by atoms with Crippen LogP contribution in [0.1, 0.15) is 43.2 Å². The van der Waals surface area contributed by atoms with Gasteiger partial charge in [-0.15, -0.1) is 17.0 Å². The van der Waals surface area contributed by atoms with Gasteiger partial charge in [-0.2, -0.15) is 0 Å². The Hall–Kier alpha value is -0.540. The molecule has 1 aromatic carbocycles. The van der Waals surface area contributed by atoms with Gasteiger partial charge in [-0.1, -0.05) is 13.0 Å². The predicted molar refractivity (Wildman–Crippen MR) is 79.8 cm³/mol. The average Bonchev–Trinajstić information content (AvgIpc) is 2.73. The van der Waals surface area contributed by atoms with Gasteiger partial charge in [0.1, 0.15) is 5.75 Å². The van der Waals surface area contributed by atoms with Crippen LogP contribution in [0.4, 0.5) is 0 Å². The van der Waals surface area contributed by atoms with Gasteiger partial charge >= 0.3 is 0 Å². The average molecular weight is 312 g/mol. The molecule has 0 aromatic heterocycles. The highest BCUT2D eigenvalue weighted by Crippen LogP contribution is 2.42. The molecule has 18 heavy (non-hydrogen) atoms. The highest BCUT2D eigenvalue weighted by molar-refractivity contribution is 8.93. The Bertz CT molecular complexity index is 421. The van der Waals surface area contributed by atoms with Crippen LogP contribution in [-0.4, -0.2) is 29.1 Å². The number of phenols is 1. The van der Waals surface area contributed by atoms with Gasteiger partial charge in [0.15, 0.2) is 0 Å². The zero-order valence-corrected chi connectivity index (χ0v) is 12.6. The molecule has 1 heterocycles. The third-order valence-electron chi connectivity index (χ3n) is 4.41. The van der Waals surface area contributed by atoms with E-state index in [-0.39, 0.29) is 17.0 Å². The van der Waals surface area contributed by atoms with Crippen LogP contribution in [0.3, 0.4) is 0 Å². The van der Waals surface area contributed by atoms with Crippen LogP contribution in [0.5, 0.6) is 5.75 Å². The maximum atomic E-state index is 9.66. The molecule has 0 spiro atoms. The fraction of sp³-hybridized carbons (Fsp3) is 0.600. The number of hydrogen-bond acceptors (Lipinski definition) is 2. The number of aromatic hydroxyl groups is 1. The fourth-order valence-corrected chi connectivity index (χ4v) is 3.69. The number of hydrogen-bond donors (Lipinski definition) is 1. The lowest BCUT2D eigenvalue weighted by atomic mass is 9.79. The van der Waals surface area contributed by atoms with E-state index in [1.54, 1.807) is 0 Å².